The van der Waals surface area contributed by atoms with Gasteiger partial charge in [0.15, 0.2) is 5.69 Å². The molecule has 114 valence electrons. The van der Waals surface area contributed by atoms with Crippen LogP contribution in [0.1, 0.15) is 68.6 Å². The van der Waals surface area contributed by atoms with Crippen LogP contribution in [0.3, 0.4) is 0 Å². The van der Waals surface area contributed by atoms with Crippen LogP contribution in [0.25, 0.3) is 4.85 Å². The Kier molecular flexibility index (Phi) is 9.65. The third kappa shape index (κ3) is 7.92. The van der Waals surface area contributed by atoms with E-state index < -0.39 is 0 Å². The van der Waals surface area contributed by atoms with E-state index in [0.717, 1.165) is 12.2 Å². The zero-order chi connectivity index (χ0) is 15.3. The molecule has 0 atom stereocenters. The van der Waals surface area contributed by atoms with Crippen LogP contribution in [0.5, 0.6) is 0 Å². The van der Waals surface area contributed by atoms with E-state index in [1.807, 2.05) is 0 Å². The molecule has 0 saturated carbocycles. The Morgan fingerprint density at radius 2 is 1.57 bits per heavy atom. The van der Waals surface area contributed by atoms with E-state index in [2.05, 4.69) is 11.8 Å². The number of carbonyl (C=O) groups excluding carboxylic acids is 1. The Balaban J connectivity index is 2.07. The molecule has 0 spiro atoms. The summed E-state index contributed by atoms with van der Waals surface area (Å²) in [5.41, 5.74) is 1.28. The van der Waals surface area contributed by atoms with Gasteiger partial charge in [0.2, 0.25) is 5.12 Å². The van der Waals surface area contributed by atoms with Gasteiger partial charge in [0.25, 0.3) is 0 Å². The molecule has 0 aliphatic heterocycles. The molecule has 21 heavy (non-hydrogen) atoms. The Morgan fingerprint density at radius 3 is 2.14 bits per heavy atom. The van der Waals surface area contributed by atoms with Crippen LogP contribution in [0.15, 0.2) is 24.3 Å². The van der Waals surface area contributed by atoms with Gasteiger partial charge in [0, 0.05) is 11.3 Å². The molecular formula is C18H25NOS. The molecule has 0 aliphatic carbocycles. The Morgan fingerprint density at radius 1 is 1.00 bits per heavy atom. The number of hydrogen-bond donors (Lipinski definition) is 0. The maximum Gasteiger partial charge on any atom is 0.219 e. The molecule has 0 heterocycles. The molecular weight excluding hydrogens is 278 g/mol. The molecule has 0 saturated heterocycles. The number of carbonyl (C=O) groups is 1. The first-order valence-electron chi connectivity index (χ1n) is 7.92. The summed E-state index contributed by atoms with van der Waals surface area (Å²) in [5, 5.41) is 0.120. The largest absolute Gasteiger partial charge is 0.282 e. The molecule has 0 radical (unpaired) electrons. The number of unbranched alkanes of at least 4 members (excludes halogenated alkanes) is 7. The normalized spacial score (nSPS) is 10.3. The van der Waals surface area contributed by atoms with Gasteiger partial charge >= 0.3 is 0 Å². The average Bonchev–Trinajstić information content (AvgIpc) is 2.53. The van der Waals surface area contributed by atoms with Gasteiger partial charge in [-0.2, -0.15) is 0 Å². The van der Waals surface area contributed by atoms with Crippen LogP contribution in [0.2, 0.25) is 0 Å². The number of nitrogens with zero attached hydrogens (tertiary/aromatic N) is 1. The predicted octanol–water partition coefficient (Wildman–Crippen LogP) is 6.25. The van der Waals surface area contributed by atoms with Gasteiger partial charge in [-0.25, -0.2) is 4.85 Å². The lowest BCUT2D eigenvalue weighted by atomic mass is 10.1. The lowest BCUT2D eigenvalue weighted by Gasteiger charge is -2.02. The van der Waals surface area contributed by atoms with Crippen molar-refractivity contribution in [2.24, 2.45) is 0 Å². The monoisotopic (exact) mass is 303 g/mol. The van der Waals surface area contributed by atoms with E-state index in [4.69, 9.17) is 6.57 Å². The third-order valence-electron chi connectivity index (χ3n) is 3.46. The molecule has 0 aromatic heterocycles. The second-order valence-corrected chi connectivity index (χ2v) is 6.34. The molecule has 1 aromatic carbocycles. The summed E-state index contributed by atoms with van der Waals surface area (Å²) in [5.74, 6) is 0.901. The molecule has 0 amide bonds. The SMILES string of the molecule is [C-]#[N+]c1ccc(C(=O)SCCCCCCCCCC)cc1. The van der Waals surface area contributed by atoms with Crippen molar-refractivity contribution >= 4 is 22.6 Å². The van der Waals surface area contributed by atoms with E-state index in [1.54, 1.807) is 24.3 Å². The van der Waals surface area contributed by atoms with Crippen molar-refractivity contribution in [1.82, 2.24) is 0 Å². The van der Waals surface area contributed by atoms with Crippen LogP contribution in [-0.2, 0) is 0 Å². The maximum absolute atomic E-state index is 11.9. The van der Waals surface area contributed by atoms with Gasteiger partial charge in [-0.05, 0) is 6.42 Å². The zero-order valence-corrected chi connectivity index (χ0v) is 13.8. The standard InChI is InChI=1S/C18H25NOS/c1-3-4-5-6-7-8-9-10-15-21-18(20)16-11-13-17(19-2)14-12-16/h11-14H,3-10,15H2,1H3. The van der Waals surface area contributed by atoms with Crippen molar-refractivity contribution in [3.05, 3.63) is 41.2 Å². The molecule has 0 N–H and O–H groups in total. The van der Waals surface area contributed by atoms with Gasteiger partial charge in [-0.3, -0.25) is 4.79 Å². The highest BCUT2D eigenvalue weighted by molar-refractivity contribution is 8.14. The molecule has 0 bridgehead atoms. The minimum absolute atomic E-state index is 0.120. The average molecular weight is 303 g/mol. The Hall–Kier alpha value is -1.27. The Bertz CT molecular complexity index is 447. The summed E-state index contributed by atoms with van der Waals surface area (Å²) in [6.07, 6.45) is 10.3. The maximum atomic E-state index is 11.9. The van der Waals surface area contributed by atoms with Crippen LogP contribution in [0.4, 0.5) is 5.69 Å². The second kappa shape index (κ2) is 11.4. The highest BCUT2D eigenvalue weighted by Gasteiger charge is 2.05. The summed E-state index contributed by atoms with van der Waals surface area (Å²) in [4.78, 5) is 15.3. The van der Waals surface area contributed by atoms with Crippen LogP contribution < -0.4 is 0 Å². The van der Waals surface area contributed by atoms with Gasteiger partial charge < -0.3 is 0 Å². The molecule has 0 fully saturated rings. The first kappa shape index (κ1) is 17.8. The van der Waals surface area contributed by atoms with Crippen molar-refractivity contribution < 1.29 is 4.79 Å². The summed E-state index contributed by atoms with van der Waals surface area (Å²) >= 11 is 1.40. The van der Waals surface area contributed by atoms with E-state index >= 15 is 0 Å². The first-order chi connectivity index (χ1) is 10.3. The second-order valence-electron chi connectivity index (χ2n) is 5.27. The summed E-state index contributed by atoms with van der Waals surface area (Å²) in [6.45, 7) is 9.12. The molecule has 1 rings (SSSR count). The van der Waals surface area contributed by atoms with Crippen molar-refractivity contribution in [2.45, 2.75) is 58.3 Å². The molecule has 1 aromatic rings. The van der Waals surface area contributed by atoms with Crippen molar-refractivity contribution in [3.63, 3.8) is 0 Å². The topological polar surface area (TPSA) is 21.4 Å². The van der Waals surface area contributed by atoms with Crippen LogP contribution in [0, 0.1) is 6.57 Å². The molecule has 3 heteroatoms. The minimum Gasteiger partial charge on any atom is -0.282 e. The summed E-state index contributed by atoms with van der Waals surface area (Å²) in [7, 11) is 0. The minimum atomic E-state index is 0.120. The lowest BCUT2D eigenvalue weighted by Crippen LogP contribution is -1.94. The Labute approximate surface area is 133 Å². The molecule has 0 unspecified atom stereocenters. The fourth-order valence-corrected chi connectivity index (χ4v) is 2.99. The smallest absolute Gasteiger partial charge is 0.219 e. The molecule has 0 aliphatic rings. The number of rotatable bonds is 10. The van der Waals surface area contributed by atoms with Gasteiger partial charge in [0.05, 0.1) is 6.57 Å². The fourth-order valence-electron chi connectivity index (χ4n) is 2.16. The third-order valence-corrected chi connectivity index (χ3v) is 4.45. The van der Waals surface area contributed by atoms with Gasteiger partial charge in [-0.15, -0.1) is 0 Å². The van der Waals surface area contributed by atoms with Gasteiger partial charge in [-0.1, -0.05) is 87.9 Å². The highest BCUT2D eigenvalue weighted by atomic mass is 32.2. The van der Waals surface area contributed by atoms with Crippen molar-refractivity contribution in [2.75, 3.05) is 5.75 Å². The predicted molar refractivity (Wildman–Crippen MR) is 92.1 cm³/mol. The lowest BCUT2D eigenvalue weighted by molar-refractivity contribution is 0.108. The van der Waals surface area contributed by atoms with E-state index in [1.165, 1.54) is 56.7 Å². The van der Waals surface area contributed by atoms with E-state index in [-0.39, 0.29) is 5.12 Å². The van der Waals surface area contributed by atoms with Crippen LogP contribution >= 0.6 is 11.8 Å². The summed E-state index contributed by atoms with van der Waals surface area (Å²) in [6, 6.07) is 6.90. The number of benzene rings is 1. The quantitative estimate of drug-likeness (QED) is 0.376. The first-order valence-corrected chi connectivity index (χ1v) is 8.91. The van der Waals surface area contributed by atoms with E-state index in [0.29, 0.717) is 11.3 Å². The van der Waals surface area contributed by atoms with Gasteiger partial charge in [0.1, 0.15) is 0 Å². The van der Waals surface area contributed by atoms with E-state index in [9.17, 15) is 4.79 Å². The number of hydrogen-bond acceptors (Lipinski definition) is 2. The number of thioether (sulfide) groups is 1. The molecule has 2 nitrogen and oxygen atoms in total. The zero-order valence-electron chi connectivity index (χ0n) is 12.9. The highest BCUT2D eigenvalue weighted by Crippen LogP contribution is 2.18. The fraction of sp³-hybridized carbons (Fsp3) is 0.556. The van der Waals surface area contributed by atoms with Crippen LogP contribution in [-0.4, -0.2) is 10.9 Å². The summed E-state index contributed by atoms with van der Waals surface area (Å²) < 4.78 is 0. The van der Waals surface area contributed by atoms with Crippen molar-refractivity contribution in [1.29, 1.82) is 0 Å². The van der Waals surface area contributed by atoms with Crippen molar-refractivity contribution in [3.8, 4) is 0 Å².